The quantitative estimate of drug-likeness (QED) is 0.855. The van der Waals surface area contributed by atoms with E-state index in [4.69, 9.17) is 21.6 Å². The van der Waals surface area contributed by atoms with Crippen LogP contribution in [0.4, 0.5) is 18.9 Å². The molecule has 0 aliphatic rings. The molecule has 4 nitrogen and oxygen atoms in total. The zero-order valence-corrected chi connectivity index (χ0v) is 13.7. The molecule has 2 rings (SSSR count). The van der Waals surface area contributed by atoms with Crippen LogP contribution in [0.2, 0.25) is 5.02 Å². The van der Waals surface area contributed by atoms with Gasteiger partial charge in [-0.2, -0.15) is 18.4 Å². The Hall–Kier alpha value is -2.72. The first kappa shape index (κ1) is 18.6. The number of amides is 1. The number of anilines is 1. The van der Waals surface area contributed by atoms with Gasteiger partial charge in [-0.15, -0.1) is 0 Å². The Morgan fingerprint density at radius 2 is 1.88 bits per heavy atom. The number of rotatable bonds is 4. The summed E-state index contributed by atoms with van der Waals surface area (Å²) in [6.45, 7) is 1.45. The van der Waals surface area contributed by atoms with E-state index in [-0.39, 0.29) is 5.69 Å². The van der Waals surface area contributed by atoms with Gasteiger partial charge in [0.1, 0.15) is 5.75 Å². The number of carbonyl (C=O) groups is 1. The first-order valence-electron chi connectivity index (χ1n) is 7.05. The lowest BCUT2D eigenvalue weighted by molar-refractivity contribution is -0.137. The fraction of sp³-hybridized carbons (Fsp3) is 0.176. The highest BCUT2D eigenvalue weighted by atomic mass is 35.5. The van der Waals surface area contributed by atoms with Gasteiger partial charge in [0.05, 0.1) is 22.2 Å². The molecule has 1 N–H and O–H groups in total. The molecule has 0 aliphatic heterocycles. The molecule has 0 unspecified atom stereocenters. The van der Waals surface area contributed by atoms with E-state index in [9.17, 15) is 18.0 Å². The second-order valence-electron chi connectivity index (χ2n) is 5.08. The molecule has 2 aromatic rings. The summed E-state index contributed by atoms with van der Waals surface area (Å²) in [5, 5.41) is 10.6. The molecular formula is C17H12ClF3N2O2. The Morgan fingerprint density at radius 1 is 1.24 bits per heavy atom. The van der Waals surface area contributed by atoms with Crippen molar-refractivity contribution >= 4 is 23.2 Å². The topological polar surface area (TPSA) is 62.1 Å². The van der Waals surface area contributed by atoms with Crippen LogP contribution in [-0.2, 0) is 11.0 Å². The molecule has 0 bridgehead atoms. The molecule has 1 atom stereocenters. The highest BCUT2D eigenvalue weighted by Gasteiger charge is 2.33. The number of nitrogens with zero attached hydrogens (tertiary/aromatic N) is 1. The molecule has 8 heteroatoms. The third kappa shape index (κ3) is 4.88. The lowest BCUT2D eigenvalue weighted by Crippen LogP contribution is -2.30. The molecule has 0 saturated carbocycles. The molecule has 130 valence electrons. The summed E-state index contributed by atoms with van der Waals surface area (Å²) in [5.41, 5.74) is -0.644. The number of halogens is 4. The van der Waals surface area contributed by atoms with E-state index in [1.807, 2.05) is 6.07 Å². The number of ether oxygens (including phenoxy) is 1. The summed E-state index contributed by atoms with van der Waals surface area (Å²) < 4.78 is 43.9. The van der Waals surface area contributed by atoms with E-state index in [1.54, 1.807) is 0 Å². The number of alkyl halides is 3. The second-order valence-corrected chi connectivity index (χ2v) is 5.49. The predicted molar refractivity (Wildman–Crippen MR) is 86.3 cm³/mol. The minimum atomic E-state index is -4.62. The van der Waals surface area contributed by atoms with Crippen molar-refractivity contribution in [3.05, 3.63) is 58.6 Å². The molecule has 2 aromatic carbocycles. The lowest BCUT2D eigenvalue weighted by atomic mass is 10.2. The summed E-state index contributed by atoms with van der Waals surface area (Å²) in [5.74, 6) is -0.270. The number of hydrogen-bond acceptors (Lipinski definition) is 3. The molecule has 0 saturated heterocycles. The molecular weight excluding hydrogens is 357 g/mol. The fourth-order valence-electron chi connectivity index (χ4n) is 1.93. The largest absolute Gasteiger partial charge is 0.481 e. The molecule has 0 radical (unpaired) electrons. The van der Waals surface area contributed by atoms with Crippen LogP contribution >= 0.6 is 11.6 Å². The Labute approximate surface area is 146 Å². The van der Waals surface area contributed by atoms with E-state index < -0.39 is 28.8 Å². The maximum absolute atomic E-state index is 12.8. The summed E-state index contributed by atoms with van der Waals surface area (Å²) >= 11 is 5.53. The monoisotopic (exact) mass is 368 g/mol. The number of benzene rings is 2. The van der Waals surface area contributed by atoms with Crippen molar-refractivity contribution in [2.45, 2.75) is 19.2 Å². The SMILES string of the molecule is C[C@@H](Oc1ccc(C#N)cc1)C(=O)Nc1ccc(Cl)c(C(F)(F)F)c1. The molecule has 0 heterocycles. The van der Waals surface area contributed by atoms with Crippen molar-refractivity contribution < 1.29 is 22.7 Å². The first-order valence-corrected chi connectivity index (χ1v) is 7.43. The minimum Gasteiger partial charge on any atom is -0.481 e. The van der Waals surface area contributed by atoms with Crippen LogP contribution in [0.15, 0.2) is 42.5 Å². The summed E-state index contributed by atoms with van der Waals surface area (Å²) in [7, 11) is 0. The lowest BCUT2D eigenvalue weighted by Gasteiger charge is -2.16. The Bertz CT molecular complexity index is 814. The Kier molecular flexibility index (Phi) is 5.55. The van der Waals surface area contributed by atoms with E-state index >= 15 is 0 Å². The van der Waals surface area contributed by atoms with Crippen LogP contribution in [0.25, 0.3) is 0 Å². The van der Waals surface area contributed by atoms with Crippen molar-refractivity contribution in [3.63, 3.8) is 0 Å². The van der Waals surface area contributed by atoms with Crippen molar-refractivity contribution in [2.75, 3.05) is 5.32 Å². The summed E-state index contributed by atoms with van der Waals surface area (Å²) in [4.78, 5) is 12.1. The maximum Gasteiger partial charge on any atom is 0.417 e. The number of nitrogens with one attached hydrogen (secondary N) is 1. The van der Waals surface area contributed by atoms with Crippen molar-refractivity contribution in [3.8, 4) is 11.8 Å². The first-order chi connectivity index (χ1) is 11.7. The Morgan fingerprint density at radius 3 is 2.44 bits per heavy atom. The van der Waals surface area contributed by atoms with Gasteiger partial charge in [-0.05, 0) is 49.4 Å². The fourth-order valence-corrected chi connectivity index (χ4v) is 2.15. The second kappa shape index (κ2) is 7.45. The van der Waals surface area contributed by atoms with E-state index in [2.05, 4.69) is 5.32 Å². The molecule has 1 amide bonds. The van der Waals surface area contributed by atoms with Gasteiger partial charge in [-0.25, -0.2) is 0 Å². The normalized spacial score (nSPS) is 12.2. The van der Waals surface area contributed by atoms with Gasteiger partial charge in [0, 0.05) is 5.69 Å². The average Bonchev–Trinajstić information content (AvgIpc) is 2.56. The average molecular weight is 369 g/mol. The molecule has 0 fully saturated rings. The van der Waals surface area contributed by atoms with Crippen LogP contribution < -0.4 is 10.1 Å². The minimum absolute atomic E-state index is 0.0444. The standard InChI is InChI=1S/C17H12ClF3N2O2/c1-10(25-13-5-2-11(9-22)3-6-13)16(24)23-12-4-7-15(18)14(8-12)17(19,20)21/h2-8,10H,1H3,(H,23,24)/t10-/m1/s1. The van der Waals surface area contributed by atoms with Gasteiger partial charge < -0.3 is 10.1 Å². The predicted octanol–water partition coefficient (Wildman–Crippen LogP) is 4.64. The Balaban J connectivity index is 2.07. The van der Waals surface area contributed by atoms with Gasteiger partial charge in [0.15, 0.2) is 6.10 Å². The van der Waals surface area contributed by atoms with E-state index in [0.29, 0.717) is 11.3 Å². The van der Waals surface area contributed by atoms with Gasteiger partial charge >= 0.3 is 6.18 Å². The van der Waals surface area contributed by atoms with Gasteiger partial charge in [0.25, 0.3) is 5.91 Å². The van der Waals surface area contributed by atoms with E-state index in [0.717, 1.165) is 12.1 Å². The zero-order valence-electron chi connectivity index (χ0n) is 12.9. The molecule has 0 aliphatic carbocycles. The van der Waals surface area contributed by atoms with Crippen LogP contribution in [0.5, 0.6) is 5.75 Å². The molecule has 0 aromatic heterocycles. The highest BCUT2D eigenvalue weighted by molar-refractivity contribution is 6.31. The third-order valence-corrected chi connectivity index (χ3v) is 3.53. The van der Waals surface area contributed by atoms with Gasteiger partial charge in [-0.3, -0.25) is 4.79 Å². The molecule has 25 heavy (non-hydrogen) atoms. The summed E-state index contributed by atoms with van der Waals surface area (Å²) in [6.07, 6.45) is -5.58. The van der Waals surface area contributed by atoms with E-state index in [1.165, 1.54) is 37.3 Å². The smallest absolute Gasteiger partial charge is 0.417 e. The van der Waals surface area contributed by atoms with Crippen LogP contribution in [0, 0.1) is 11.3 Å². The molecule has 0 spiro atoms. The summed E-state index contributed by atoms with van der Waals surface area (Å²) in [6, 6.07) is 11.1. The number of carbonyl (C=O) groups excluding carboxylic acids is 1. The van der Waals surface area contributed by atoms with Crippen molar-refractivity contribution in [1.29, 1.82) is 5.26 Å². The zero-order chi connectivity index (χ0) is 18.6. The maximum atomic E-state index is 12.8. The van der Waals surface area contributed by atoms with Gasteiger partial charge in [0.2, 0.25) is 0 Å². The van der Waals surface area contributed by atoms with Crippen LogP contribution in [0.3, 0.4) is 0 Å². The highest BCUT2D eigenvalue weighted by Crippen LogP contribution is 2.36. The number of hydrogen-bond donors (Lipinski definition) is 1. The van der Waals surface area contributed by atoms with Crippen molar-refractivity contribution in [2.24, 2.45) is 0 Å². The number of nitriles is 1. The third-order valence-electron chi connectivity index (χ3n) is 3.20. The van der Waals surface area contributed by atoms with Gasteiger partial charge in [-0.1, -0.05) is 11.6 Å². The van der Waals surface area contributed by atoms with Crippen LogP contribution in [0.1, 0.15) is 18.1 Å². The van der Waals surface area contributed by atoms with Crippen LogP contribution in [-0.4, -0.2) is 12.0 Å². The van der Waals surface area contributed by atoms with Crippen molar-refractivity contribution in [1.82, 2.24) is 0 Å².